The van der Waals surface area contributed by atoms with Crippen molar-refractivity contribution in [1.82, 2.24) is 10.2 Å². The average molecular weight is 357 g/mol. The van der Waals surface area contributed by atoms with Gasteiger partial charge in [0.15, 0.2) is 0 Å². The van der Waals surface area contributed by atoms with Crippen molar-refractivity contribution < 1.29 is 17.6 Å². The lowest BCUT2D eigenvalue weighted by atomic mass is 10.3. The zero-order chi connectivity index (χ0) is 17.6. The molecule has 0 saturated carbocycles. The maximum absolute atomic E-state index is 13.0. The van der Waals surface area contributed by atoms with Crippen LogP contribution in [0.3, 0.4) is 0 Å². The van der Waals surface area contributed by atoms with E-state index in [0.717, 1.165) is 36.6 Å². The van der Waals surface area contributed by atoms with Crippen LogP contribution < -0.4 is 9.62 Å². The summed E-state index contributed by atoms with van der Waals surface area (Å²) in [4.78, 5) is 14.4. The lowest BCUT2D eigenvalue weighted by Gasteiger charge is -2.22. The molecule has 2 rings (SSSR count). The highest BCUT2D eigenvalue weighted by Gasteiger charge is 2.20. The SMILES string of the molecule is CS(=O)(=O)N(CC(=O)NCCCN1CCCC1)c1ccc(F)cc1. The molecule has 0 unspecified atom stereocenters. The Hall–Kier alpha value is -1.67. The molecule has 0 atom stereocenters. The van der Waals surface area contributed by atoms with Crippen LogP contribution in [0.15, 0.2) is 24.3 Å². The molecule has 1 aliphatic heterocycles. The number of anilines is 1. The van der Waals surface area contributed by atoms with Gasteiger partial charge in [-0.25, -0.2) is 12.8 Å². The number of rotatable bonds is 8. The van der Waals surface area contributed by atoms with Crippen molar-refractivity contribution >= 4 is 21.6 Å². The van der Waals surface area contributed by atoms with Crippen LogP contribution in [-0.2, 0) is 14.8 Å². The molecule has 24 heavy (non-hydrogen) atoms. The average Bonchev–Trinajstić information content (AvgIpc) is 3.02. The predicted octanol–water partition coefficient (Wildman–Crippen LogP) is 1.19. The number of nitrogens with one attached hydrogen (secondary N) is 1. The van der Waals surface area contributed by atoms with Crippen LogP contribution in [0.4, 0.5) is 10.1 Å². The molecule has 1 fully saturated rings. The second kappa shape index (κ2) is 8.43. The van der Waals surface area contributed by atoms with Crippen LogP contribution >= 0.6 is 0 Å². The highest BCUT2D eigenvalue weighted by molar-refractivity contribution is 7.92. The number of benzene rings is 1. The summed E-state index contributed by atoms with van der Waals surface area (Å²) in [6, 6.07) is 5.02. The molecule has 0 radical (unpaired) electrons. The van der Waals surface area contributed by atoms with Gasteiger partial charge in [-0.15, -0.1) is 0 Å². The van der Waals surface area contributed by atoms with E-state index < -0.39 is 15.8 Å². The molecular weight excluding hydrogens is 333 g/mol. The van der Waals surface area contributed by atoms with E-state index in [-0.39, 0.29) is 18.1 Å². The first-order chi connectivity index (χ1) is 11.4. The van der Waals surface area contributed by atoms with Gasteiger partial charge in [0.1, 0.15) is 12.4 Å². The Morgan fingerprint density at radius 1 is 1.25 bits per heavy atom. The minimum atomic E-state index is -3.63. The standard InChI is InChI=1S/C16H24FN3O3S/c1-24(22,23)20(15-7-5-14(17)6-8-15)13-16(21)18-9-4-12-19-10-2-3-11-19/h5-8H,2-4,9-13H2,1H3,(H,18,21). The van der Waals surface area contributed by atoms with E-state index in [1.807, 2.05) is 0 Å². The molecule has 1 aromatic rings. The van der Waals surface area contributed by atoms with Crippen molar-refractivity contribution in [3.8, 4) is 0 Å². The number of nitrogens with zero attached hydrogens (tertiary/aromatic N) is 2. The molecule has 134 valence electrons. The van der Waals surface area contributed by atoms with E-state index in [1.54, 1.807) is 0 Å². The first-order valence-corrected chi connectivity index (χ1v) is 9.93. The minimum absolute atomic E-state index is 0.270. The maximum Gasteiger partial charge on any atom is 0.240 e. The number of carbonyl (C=O) groups is 1. The summed E-state index contributed by atoms with van der Waals surface area (Å²) < 4.78 is 37.8. The van der Waals surface area contributed by atoms with Gasteiger partial charge < -0.3 is 10.2 Å². The molecule has 1 saturated heterocycles. The van der Waals surface area contributed by atoms with E-state index in [4.69, 9.17) is 0 Å². The van der Waals surface area contributed by atoms with Gasteiger partial charge in [-0.2, -0.15) is 0 Å². The summed E-state index contributed by atoms with van der Waals surface area (Å²) in [6.45, 7) is 3.36. The summed E-state index contributed by atoms with van der Waals surface area (Å²) >= 11 is 0. The zero-order valence-corrected chi connectivity index (χ0v) is 14.7. The number of halogens is 1. The number of hydrogen-bond acceptors (Lipinski definition) is 4. The maximum atomic E-state index is 13.0. The number of sulfonamides is 1. The second-order valence-electron chi connectivity index (χ2n) is 6.00. The summed E-state index contributed by atoms with van der Waals surface area (Å²) in [7, 11) is -3.63. The van der Waals surface area contributed by atoms with Crippen LogP contribution in [-0.4, -0.2) is 58.2 Å². The van der Waals surface area contributed by atoms with Crippen LogP contribution in [0.5, 0.6) is 0 Å². The van der Waals surface area contributed by atoms with Gasteiger partial charge in [0.25, 0.3) is 0 Å². The molecule has 1 N–H and O–H groups in total. The molecule has 6 nitrogen and oxygen atoms in total. The van der Waals surface area contributed by atoms with Gasteiger partial charge in [-0.3, -0.25) is 9.10 Å². The normalized spacial score (nSPS) is 15.4. The van der Waals surface area contributed by atoms with Crippen molar-refractivity contribution in [2.75, 3.05) is 43.3 Å². The molecule has 8 heteroatoms. The van der Waals surface area contributed by atoms with Crippen molar-refractivity contribution in [3.05, 3.63) is 30.1 Å². The molecule has 1 aliphatic rings. The Morgan fingerprint density at radius 3 is 2.46 bits per heavy atom. The summed E-state index contributed by atoms with van der Waals surface area (Å²) in [6.07, 6.45) is 4.32. The third-order valence-electron chi connectivity index (χ3n) is 3.97. The number of amides is 1. The molecule has 0 aromatic heterocycles. The second-order valence-corrected chi connectivity index (χ2v) is 7.91. The third-order valence-corrected chi connectivity index (χ3v) is 5.11. The van der Waals surface area contributed by atoms with Crippen molar-refractivity contribution in [2.24, 2.45) is 0 Å². The van der Waals surface area contributed by atoms with E-state index in [2.05, 4.69) is 10.2 Å². The molecule has 1 aromatic carbocycles. The van der Waals surface area contributed by atoms with Gasteiger partial charge >= 0.3 is 0 Å². The van der Waals surface area contributed by atoms with E-state index >= 15 is 0 Å². The Balaban J connectivity index is 1.84. The quantitative estimate of drug-likeness (QED) is 0.710. The molecule has 1 amide bonds. The first kappa shape index (κ1) is 18.7. The highest BCUT2D eigenvalue weighted by Crippen LogP contribution is 2.17. The van der Waals surface area contributed by atoms with Gasteiger partial charge in [0.2, 0.25) is 15.9 Å². The predicted molar refractivity (Wildman–Crippen MR) is 91.9 cm³/mol. The van der Waals surface area contributed by atoms with E-state index in [1.165, 1.54) is 37.1 Å². The summed E-state index contributed by atoms with van der Waals surface area (Å²) in [5.74, 6) is -0.829. The van der Waals surface area contributed by atoms with Crippen molar-refractivity contribution in [3.63, 3.8) is 0 Å². The molecule has 0 bridgehead atoms. The van der Waals surface area contributed by atoms with Gasteiger partial charge in [0.05, 0.1) is 11.9 Å². The Morgan fingerprint density at radius 2 is 1.88 bits per heavy atom. The molecule has 1 heterocycles. The zero-order valence-electron chi connectivity index (χ0n) is 13.9. The van der Waals surface area contributed by atoms with Crippen molar-refractivity contribution in [2.45, 2.75) is 19.3 Å². The smallest absolute Gasteiger partial charge is 0.240 e. The fourth-order valence-electron chi connectivity index (χ4n) is 2.73. The van der Waals surface area contributed by atoms with Gasteiger partial charge in [0, 0.05) is 6.54 Å². The lowest BCUT2D eigenvalue weighted by Crippen LogP contribution is -2.41. The highest BCUT2D eigenvalue weighted by atomic mass is 32.2. The van der Waals surface area contributed by atoms with Crippen LogP contribution in [0.1, 0.15) is 19.3 Å². The fourth-order valence-corrected chi connectivity index (χ4v) is 3.59. The van der Waals surface area contributed by atoms with Gasteiger partial charge in [-0.1, -0.05) is 0 Å². The minimum Gasteiger partial charge on any atom is -0.354 e. The summed E-state index contributed by atoms with van der Waals surface area (Å²) in [5.41, 5.74) is 0.270. The monoisotopic (exact) mass is 357 g/mol. The third kappa shape index (κ3) is 5.76. The summed E-state index contributed by atoms with van der Waals surface area (Å²) in [5, 5.41) is 2.74. The molecule has 0 spiro atoms. The molecular formula is C16H24FN3O3S. The number of carbonyl (C=O) groups excluding carboxylic acids is 1. The van der Waals surface area contributed by atoms with E-state index in [0.29, 0.717) is 6.54 Å². The number of likely N-dealkylation sites (tertiary alicyclic amines) is 1. The van der Waals surface area contributed by atoms with Crippen LogP contribution in [0.2, 0.25) is 0 Å². The Kier molecular flexibility index (Phi) is 6.56. The van der Waals surface area contributed by atoms with Crippen molar-refractivity contribution in [1.29, 1.82) is 0 Å². The fraction of sp³-hybridized carbons (Fsp3) is 0.562. The first-order valence-electron chi connectivity index (χ1n) is 8.08. The lowest BCUT2D eigenvalue weighted by molar-refractivity contribution is -0.119. The van der Waals surface area contributed by atoms with E-state index in [9.17, 15) is 17.6 Å². The molecule has 0 aliphatic carbocycles. The van der Waals surface area contributed by atoms with Crippen LogP contribution in [0, 0.1) is 5.82 Å². The topological polar surface area (TPSA) is 69.7 Å². The van der Waals surface area contributed by atoms with Gasteiger partial charge in [-0.05, 0) is 63.2 Å². The largest absolute Gasteiger partial charge is 0.354 e. The Bertz CT molecular complexity index is 643. The Labute approximate surface area is 142 Å². The number of hydrogen-bond donors (Lipinski definition) is 1. The van der Waals surface area contributed by atoms with Crippen LogP contribution in [0.25, 0.3) is 0 Å².